The summed E-state index contributed by atoms with van der Waals surface area (Å²) >= 11 is 0. The Morgan fingerprint density at radius 1 is 1.22 bits per heavy atom. The minimum atomic E-state index is -0.714. The van der Waals surface area contributed by atoms with Gasteiger partial charge in [0.1, 0.15) is 20.3 Å². The van der Waals surface area contributed by atoms with Gasteiger partial charge in [-0.3, -0.25) is 9.69 Å². The van der Waals surface area contributed by atoms with Crippen molar-refractivity contribution in [2.24, 2.45) is 5.73 Å². The summed E-state index contributed by atoms with van der Waals surface area (Å²) in [5.74, 6) is -0.254. The van der Waals surface area contributed by atoms with Crippen molar-refractivity contribution in [1.82, 2.24) is 0 Å². The van der Waals surface area contributed by atoms with E-state index < -0.39 is 11.7 Å². The van der Waals surface area contributed by atoms with Crippen LogP contribution in [0.3, 0.4) is 0 Å². The highest BCUT2D eigenvalue weighted by Crippen LogP contribution is 2.30. The van der Waals surface area contributed by atoms with Crippen molar-refractivity contribution in [3.05, 3.63) is 93.8 Å². The number of benzene rings is 3. The van der Waals surface area contributed by atoms with Crippen molar-refractivity contribution in [3.8, 4) is 17.6 Å². The van der Waals surface area contributed by atoms with E-state index in [4.69, 9.17) is 20.5 Å². The summed E-state index contributed by atoms with van der Waals surface area (Å²) < 4.78 is 26.9. The molecule has 0 saturated heterocycles. The first kappa shape index (κ1) is 27.1. The number of nitrogens with zero attached hydrogens (tertiary/aromatic N) is 2. The summed E-state index contributed by atoms with van der Waals surface area (Å²) in [5, 5.41) is 10.2. The van der Waals surface area contributed by atoms with Gasteiger partial charge in [0.2, 0.25) is 5.91 Å². The maximum Gasteiger partial charge on any atom is 0.228 e. The summed E-state index contributed by atoms with van der Waals surface area (Å²) in [6.07, 6.45) is 1.85. The Bertz CT molecular complexity index is 1510. The molecule has 0 radical (unpaired) electrons. The largest absolute Gasteiger partial charge is 0.493 e. The fourth-order valence-electron chi connectivity index (χ4n) is 4.03. The smallest absolute Gasteiger partial charge is 0.228 e. The molecule has 0 fully saturated rings. The zero-order valence-electron chi connectivity index (χ0n) is 21.5. The van der Waals surface area contributed by atoms with E-state index in [1.807, 2.05) is 45.1 Å². The van der Waals surface area contributed by atoms with Gasteiger partial charge in [-0.15, -0.1) is 0 Å². The Balaban J connectivity index is 2.31. The molecule has 3 aromatic carbocycles. The quantitative estimate of drug-likeness (QED) is 0.483. The number of carbonyl (C=O) groups excluding carboxylic acids is 1. The molecular formula is C29H29BFN3O3. The van der Waals surface area contributed by atoms with Crippen LogP contribution in [-0.4, -0.2) is 20.9 Å². The lowest BCUT2D eigenvalue weighted by atomic mass is 9.91. The van der Waals surface area contributed by atoms with Gasteiger partial charge in [0.25, 0.3) is 0 Å². The number of nitriles is 1. The molecule has 0 heterocycles. The van der Waals surface area contributed by atoms with Gasteiger partial charge < -0.3 is 15.2 Å². The van der Waals surface area contributed by atoms with Gasteiger partial charge in [-0.25, -0.2) is 4.39 Å². The third-order valence-corrected chi connectivity index (χ3v) is 6.03. The van der Waals surface area contributed by atoms with Gasteiger partial charge in [0, 0.05) is 12.1 Å². The predicted molar refractivity (Wildman–Crippen MR) is 147 cm³/mol. The summed E-state index contributed by atoms with van der Waals surface area (Å²) in [5.41, 5.74) is 9.18. The lowest BCUT2D eigenvalue weighted by Crippen LogP contribution is -2.38. The van der Waals surface area contributed by atoms with Crippen molar-refractivity contribution >= 4 is 37.2 Å². The van der Waals surface area contributed by atoms with E-state index in [2.05, 4.69) is 6.58 Å². The van der Waals surface area contributed by atoms with E-state index >= 15 is 4.39 Å². The van der Waals surface area contributed by atoms with Crippen molar-refractivity contribution < 1.29 is 18.7 Å². The molecule has 0 bridgehead atoms. The topological polar surface area (TPSA) is 88.6 Å². The molecule has 0 saturated carbocycles. The van der Waals surface area contributed by atoms with E-state index in [9.17, 15) is 4.79 Å². The number of amides is 1. The van der Waals surface area contributed by atoms with E-state index in [0.717, 1.165) is 17.1 Å². The van der Waals surface area contributed by atoms with Crippen LogP contribution < -0.4 is 36.0 Å². The lowest BCUT2D eigenvalue weighted by molar-refractivity contribution is -0.115. The Morgan fingerprint density at radius 2 is 1.95 bits per heavy atom. The summed E-state index contributed by atoms with van der Waals surface area (Å²) in [4.78, 5) is 14.2. The maximum absolute atomic E-state index is 15.2. The number of methoxy groups -OCH3 is 1. The van der Waals surface area contributed by atoms with Crippen LogP contribution >= 0.6 is 0 Å². The predicted octanol–water partition coefficient (Wildman–Crippen LogP) is 2.37. The Kier molecular flexibility index (Phi) is 8.75. The fraction of sp³-hybridized carbons (Fsp3) is 0.172. The van der Waals surface area contributed by atoms with Gasteiger partial charge in [-0.05, 0) is 59.3 Å². The molecule has 3 aromatic rings. The molecule has 2 N–H and O–H groups in total. The third kappa shape index (κ3) is 5.84. The fourth-order valence-corrected chi connectivity index (χ4v) is 4.03. The van der Waals surface area contributed by atoms with E-state index in [0.29, 0.717) is 46.2 Å². The van der Waals surface area contributed by atoms with E-state index in [1.165, 1.54) is 37.3 Å². The van der Waals surface area contributed by atoms with Crippen LogP contribution in [0.5, 0.6) is 11.5 Å². The maximum atomic E-state index is 15.2. The summed E-state index contributed by atoms with van der Waals surface area (Å²) in [6.45, 7) is 7.67. The van der Waals surface area contributed by atoms with Gasteiger partial charge in [-0.1, -0.05) is 43.2 Å². The number of hydrogen-bond acceptors (Lipinski definition) is 5. The van der Waals surface area contributed by atoms with Gasteiger partial charge >= 0.3 is 0 Å². The minimum absolute atomic E-state index is 0.00750. The second-order valence-electron chi connectivity index (χ2n) is 8.40. The molecule has 6 nitrogen and oxygen atoms in total. The minimum Gasteiger partial charge on any atom is -0.493 e. The molecule has 0 aliphatic heterocycles. The Morgan fingerprint density at radius 3 is 2.51 bits per heavy atom. The normalized spacial score (nSPS) is 11.9. The van der Waals surface area contributed by atoms with Crippen LogP contribution in [0, 0.1) is 17.1 Å². The van der Waals surface area contributed by atoms with E-state index in [1.54, 1.807) is 12.1 Å². The second-order valence-corrected chi connectivity index (χ2v) is 8.40. The molecule has 188 valence electrons. The second kappa shape index (κ2) is 12.0. The number of nitrogens with two attached hydrogens (primary N) is 1. The molecule has 8 heteroatoms. The zero-order valence-corrected chi connectivity index (χ0v) is 21.5. The van der Waals surface area contributed by atoms with Crippen LogP contribution in [0.4, 0.5) is 10.1 Å². The lowest BCUT2D eigenvalue weighted by Gasteiger charge is -2.27. The average molecular weight is 497 g/mol. The average Bonchev–Trinajstić information content (AvgIpc) is 2.89. The number of hydrogen-bond donors (Lipinski definition) is 1. The van der Waals surface area contributed by atoms with Crippen molar-refractivity contribution in [1.29, 1.82) is 5.26 Å². The van der Waals surface area contributed by atoms with Crippen molar-refractivity contribution in [2.45, 2.75) is 26.9 Å². The highest BCUT2D eigenvalue weighted by atomic mass is 19.1. The highest BCUT2D eigenvalue weighted by molar-refractivity contribution is 6.33. The molecule has 0 aliphatic rings. The molecule has 0 unspecified atom stereocenters. The first-order valence-corrected chi connectivity index (χ1v) is 11.8. The van der Waals surface area contributed by atoms with Gasteiger partial charge in [-0.2, -0.15) is 5.26 Å². The van der Waals surface area contributed by atoms with Gasteiger partial charge in [0.05, 0.1) is 30.1 Å². The first-order chi connectivity index (χ1) is 17.7. The number of rotatable bonds is 8. The monoisotopic (exact) mass is 497 g/mol. The van der Waals surface area contributed by atoms with Crippen molar-refractivity contribution in [2.75, 3.05) is 12.0 Å². The van der Waals surface area contributed by atoms with Crippen LogP contribution in [0.1, 0.15) is 31.4 Å². The Hall–Kier alpha value is -4.51. The Labute approximate surface area is 217 Å². The molecule has 3 rings (SSSR count). The molecule has 37 heavy (non-hydrogen) atoms. The summed E-state index contributed by atoms with van der Waals surface area (Å²) in [7, 11) is 3.54. The standard InChI is InChI=1S/C29H29BFN3O3/c1-5-21(16-33)29(34(19(3)35)26-11-10-20(15-32)13-25(26)31)23-14-28(27(36-4)12-18(23)2)37-17-22-8-6-7-9-24(22)30/h6-14,16H,2,5,17,30,33H2,1,3-4H3/b21-16-,29-23+. The molecule has 0 atom stereocenters. The summed E-state index contributed by atoms with van der Waals surface area (Å²) in [6, 6.07) is 17.2. The molecule has 0 spiro atoms. The van der Waals surface area contributed by atoms with Crippen LogP contribution in [-0.2, 0) is 11.4 Å². The highest BCUT2D eigenvalue weighted by Gasteiger charge is 2.24. The molecule has 1 amide bonds. The van der Waals surface area contributed by atoms with Crippen LogP contribution in [0.25, 0.3) is 12.3 Å². The SMILES string of the molecule is Bc1ccccc1COc1c/c(=C(/C(=C\N)CC)N(C(C)=O)c2ccc(C#N)cc2F)c(=C)cc1OC. The molecule has 0 aromatic heterocycles. The van der Waals surface area contributed by atoms with Crippen LogP contribution in [0.15, 0.2) is 66.4 Å². The first-order valence-electron chi connectivity index (χ1n) is 11.8. The van der Waals surface area contributed by atoms with Crippen molar-refractivity contribution in [3.63, 3.8) is 0 Å². The van der Waals surface area contributed by atoms with Crippen LogP contribution in [0.2, 0.25) is 0 Å². The third-order valence-electron chi connectivity index (χ3n) is 6.03. The number of carbonyl (C=O) groups is 1. The number of halogens is 1. The molecule has 0 aliphatic carbocycles. The zero-order chi connectivity index (χ0) is 27.1. The van der Waals surface area contributed by atoms with E-state index in [-0.39, 0.29) is 11.3 Å². The van der Waals surface area contributed by atoms with Gasteiger partial charge in [0.15, 0.2) is 11.5 Å². The number of ether oxygens (including phenoxy) is 2. The molecular weight excluding hydrogens is 468 g/mol. The number of anilines is 1.